The Morgan fingerprint density at radius 1 is 1.18 bits per heavy atom. The number of allylic oxidation sites excluding steroid dienone is 1. The van der Waals surface area contributed by atoms with Crippen LogP contribution < -0.4 is 5.32 Å². The Hall–Kier alpha value is -3.45. The second kappa shape index (κ2) is 10.0. The molecule has 1 aliphatic rings. The molecular weight excluding hydrogens is 439 g/mol. The van der Waals surface area contributed by atoms with E-state index in [2.05, 4.69) is 35.7 Å². The van der Waals surface area contributed by atoms with Crippen LogP contribution >= 0.6 is 11.8 Å². The standard InChI is InChI=1S/C26H23FN2O3S/c1-33-22-9-6-17(7-10-22)12-19-13-20(24-15-21(27)8-11-23(19)24)14-26(30)28-16-18-4-2-3-5-25(18)29(31)32/h2-12,15,20H,13-14,16H2,1H3,(H,28,30)/b19-12+. The van der Waals surface area contributed by atoms with Gasteiger partial charge in [-0.3, -0.25) is 14.9 Å². The molecule has 1 amide bonds. The molecule has 168 valence electrons. The number of rotatable bonds is 7. The van der Waals surface area contributed by atoms with Crippen molar-refractivity contribution >= 4 is 35.0 Å². The molecule has 1 atom stereocenters. The van der Waals surface area contributed by atoms with Crippen LogP contribution in [-0.2, 0) is 11.3 Å². The van der Waals surface area contributed by atoms with Gasteiger partial charge >= 0.3 is 0 Å². The van der Waals surface area contributed by atoms with E-state index in [4.69, 9.17) is 0 Å². The normalized spacial score (nSPS) is 15.9. The predicted molar refractivity (Wildman–Crippen MR) is 129 cm³/mol. The molecule has 4 rings (SSSR count). The number of carbonyl (C=O) groups excluding carboxylic acids is 1. The molecule has 3 aromatic rings. The number of thioether (sulfide) groups is 1. The molecule has 1 aliphatic carbocycles. The van der Waals surface area contributed by atoms with Gasteiger partial charge in [-0.1, -0.05) is 42.5 Å². The molecule has 0 bridgehead atoms. The SMILES string of the molecule is CSc1ccc(/C=C2\CC(CC(=O)NCc3ccccc3[N+](=O)[O-])c3cc(F)ccc32)cc1. The quantitative estimate of drug-likeness (QED) is 0.258. The van der Waals surface area contributed by atoms with Gasteiger partial charge < -0.3 is 5.32 Å². The van der Waals surface area contributed by atoms with Gasteiger partial charge in [0.25, 0.3) is 5.69 Å². The molecule has 0 spiro atoms. The summed E-state index contributed by atoms with van der Waals surface area (Å²) in [6.45, 7) is 0.0726. The number of nitro groups is 1. The van der Waals surface area contributed by atoms with Gasteiger partial charge in [-0.05, 0) is 65.1 Å². The van der Waals surface area contributed by atoms with E-state index in [1.165, 1.54) is 23.1 Å². The highest BCUT2D eigenvalue weighted by Gasteiger charge is 2.29. The number of halogens is 1. The van der Waals surface area contributed by atoms with E-state index in [0.29, 0.717) is 12.0 Å². The Labute approximate surface area is 195 Å². The Kier molecular flexibility index (Phi) is 6.89. The number of nitrogens with one attached hydrogen (secondary N) is 1. The summed E-state index contributed by atoms with van der Waals surface area (Å²) in [5.74, 6) is -0.707. The Balaban J connectivity index is 1.50. The van der Waals surface area contributed by atoms with E-state index in [1.807, 2.05) is 6.26 Å². The van der Waals surface area contributed by atoms with Crippen LogP contribution in [-0.4, -0.2) is 17.1 Å². The molecule has 7 heteroatoms. The predicted octanol–water partition coefficient (Wildman–Crippen LogP) is 6.19. The maximum atomic E-state index is 14.0. The maximum absolute atomic E-state index is 14.0. The minimum Gasteiger partial charge on any atom is -0.352 e. The largest absolute Gasteiger partial charge is 0.352 e. The summed E-state index contributed by atoms with van der Waals surface area (Å²) in [7, 11) is 0. The molecule has 0 saturated carbocycles. The molecule has 1 N–H and O–H groups in total. The first-order valence-corrected chi connectivity index (χ1v) is 11.8. The zero-order chi connectivity index (χ0) is 23.4. The van der Waals surface area contributed by atoms with Crippen LogP contribution in [0.5, 0.6) is 0 Å². The number of nitrogens with zero attached hydrogens (tertiary/aromatic N) is 1. The summed E-state index contributed by atoms with van der Waals surface area (Å²) in [5.41, 5.74) is 4.33. The van der Waals surface area contributed by atoms with Crippen molar-refractivity contribution in [2.45, 2.75) is 30.2 Å². The van der Waals surface area contributed by atoms with Crippen molar-refractivity contribution in [3.8, 4) is 0 Å². The first-order valence-electron chi connectivity index (χ1n) is 10.6. The van der Waals surface area contributed by atoms with E-state index in [0.717, 1.165) is 22.3 Å². The van der Waals surface area contributed by atoms with Crippen molar-refractivity contribution in [2.24, 2.45) is 0 Å². The second-order valence-corrected chi connectivity index (χ2v) is 8.82. The molecule has 33 heavy (non-hydrogen) atoms. The third-order valence-corrected chi connectivity index (χ3v) is 6.56. The first kappa shape index (κ1) is 22.7. The Morgan fingerprint density at radius 3 is 2.67 bits per heavy atom. The van der Waals surface area contributed by atoms with Crippen molar-refractivity contribution in [2.75, 3.05) is 6.26 Å². The fourth-order valence-corrected chi connectivity index (χ4v) is 4.61. The number of para-hydroxylation sites is 1. The molecule has 0 radical (unpaired) electrons. The summed E-state index contributed by atoms with van der Waals surface area (Å²) >= 11 is 1.68. The topological polar surface area (TPSA) is 72.2 Å². The van der Waals surface area contributed by atoms with Crippen LogP contribution in [0.3, 0.4) is 0 Å². The number of hydrogen-bond donors (Lipinski definition) is 1. The highest BCUT2D eigenvalue weighted by molar-refractivity contribution is 7.98. The smallest absolute Gasteiger partial charge is 0.274 e. The van der Waals surface area contributed by atoms with Gasteiger partial charge in [-0.2, -0.15) is 0 Å². The van der Waals surface area contributed by atoms with Crippen LogP contribution in [0.1, 0.15) is 41.0 Å². The van der Waals surface area contributed by atoms with E-state index in [1.54, 1.807) is 36.0 Å². The number of hydrogen-bond acceptors (Lipinski definition) is 4. The van der Waals surface area contributed by atoms with Gasteiger partial charge in [0, 0.05) is 29.5 Å². The molecule has 0 heterocycles. The van der Waals surface area contributed by atoms with Gasteiger partial charge in [-0.15, -0.1) is 11.8 Å². The molecule has 1 unspecified atom stereocenters. The summed E-state index contributed by atoms with van der Waals surface area (Å²) < 4.78 is 14.0. The first-order chi connectivity index (χ1) is 15.9. The summed E-state index contributed by atoms with van der Waals surface area (Å²) in [6.07, 6.45) is 4.93. The second-order valence-electron chi connectivity index (χ2n) is 7.94. The highest BCUT2D eigenvalue weighted by Crippen LogP contribution is 2.44. The van der Waals surface area contributed by atoms with Crippen molar-refractivity contribution in [1.29, 1.82) is 0 Å². The minimum absolute atomic E-state index is 0.0243. The fourth-order valence-electron chi connectivity index (χ4n) is 4.20. The molecule has 5 nitrogen and oxygen atoms in total. The van der Waals surface area contributed by atoms with Gasteiger partial charge in [-0.25, -0.2) is 4.39 Å². The summed E-state index contributed by atoms with van der Waals surface area (Å²) in [4.78, 5) is 24.6. The lowest BCUT2D eigenvalue weighted by atomic mass is 9.97. The van der Waals surface area contributed by atoms with Gasteiger partial charge in [0.1, 0.15) is 5.82 Å². The monoisotopic (exact) mass is 462 g/mol. The molecule has 0 aliphatic heterocycles. The van der Waals surface area contributed by atoms with E-state index in [-0.39, 0.29) is 36.3 Å². The third-order valence-electron chi connectivity index (χ3n) is 5.82. The van der Waals surface area contributed by atoms with E-state index in [9.17, 15) is 19.3 Å². The third kappa shape index (κ3) is 5.31. The van der Waals surface area contributed by atoms with Crippen molar-refractivity contribution in [3.63, 3.8) is 0 Å². The lowest BCUT2D eigenvalue weighted by molar-refractivity contribution is -0.385. The number of amides is 1. The average molecular weight is 463 g/mol. The van der Waals surface area contributed by atoms with Crippen LogP contribution in [0.4, 0.5) is 10.1 Å². The van der Waals surface area contributed by atoms with Gasteiger partial charge in [0.05, 0.1) is 4.92 Å². The Morgan fingerprint density at radius 2 is 1.94 bits per heavy atom. The zero-order valence-electron chi connectivity index (χ0n) is 18.1. The number of carbonyl (C=O) groups is 1. The molecule has 3 aromatic carbocycles. The van der Waals surface area contributed by atoms with Gasteiger partial charge in [0.15, 0.2) is 0 Å². The minimum atomic E-state index is -0.458. The van der Waals surface area contributed by atoms with Crippen LogP contribution in [0.15, 0.2) is 71.6 Å². The maximum Gasteiger partial charge on any atom is 0.274 e. The summed E-state index contributed by atoms with van der Waals surface area (Å²) in [6, 6.07) is 19.3. The van der Waals surface area contributed by atoms with E-state index >= 15 is 0 Å². The van der Waals surface area contributed by atoms with Crippen LogP contribution in [0, 0.1) is 15.9 Å². The number of benzene rings is 3. The number of fused-ring (bicyclic) bond motifs is 1. The van der Waals surface area contributed by atoms with Crippen molar-refractivity contribution in [1.82, 2.24) is 5.32 Å². The Bertz CT molecular complexity index is 1220. The molecule has 0 fully saturated rings. The van der Waals surface area contributed by atoms with E-state index < -0.39 is 4.92 Å². The number of nitro benzene ring substituents is 1. The molecular formula is C26H23FN2O3S. The lowest BCUT2D eigenvalue weighted by Crippen LogP contribution is -2.24. The van der Waals surface area contributed by atoms with Crippen molar-refractivity contribution < 1.29 is 14.1 Å². The molecule has 0 aromatic heterocycles. The highest BCUT2D eigenvalue weighted by atomic mass is 32.2. The van der Waals surface area contributed by atoms with Gasteiger partial charge in [0.2, 0.25) is 5.91 Å². The summed E-state index contributed by atoms with van der Waals surface area (Å²) in [5, 5.41) is 14.0. The van der Waals surface area contributed by atoms with Crippen molar-refractivity contribution in [3.05, 3.63) is 105 Å². The van der Waals surface area contributed by atoms with Crippen LogP contribution in [0.25, 0.3) is 11.6 Å². The zero-order valence-corrected chi connectivity index (χ0v) is 18.9. The average Bonchev–Trinajstić information content (AvgIpc) is 3.14. The van der Waals surface area contributed by atoms with Crippen LogP contribution in [0.2, 0.25) is 0 Å². The fraction of sp³-hybridized carbons (Fsp3) is 0.192. The molecule has 0 saturated heterocycles. The lowest BCUT2D eigenvalue weighted by Gasteiger charge is -2.12.